The van der Waals surface area contributed by atoms with Crippen molar-refractivity contribution in [3.8, 4) is 5.75 Å². The van der Waals surface area contributed by atoms with Gasteiger partial charge in [0.1, 0.15) is 10.8 Å². The molecule has 0 saturated carbocycles. The molecule has 0 unspecified atom stereocenters. The summed E-state index contributed by atoms with van der Waals surface area (Å²) in [5.41, 5.74) is 1.07. The fourth-order valence-electron chi connectivity index (χ4n) is 2.67. The Kier molecular flexibility index (Phi) is 8.21. The van der Waals surface area contributed by atoms with E-state index < -0.39 is 11.9 Å². The van der Waals surface area contributed by atoms with Crippen molar-refractivity contribution in [3.63, 3.8) is 0 Å². The number of rotatable bonds is 9. The van der Waals surface area contributed by atoms with Crippen LogP contribution in [0.15, 0.2) is 24.3 Å². The van der Waals surface area contributed by atoms with Crippen LogP contribution >= 0.6 is 11.3 Å². The van der Waals surface area contributed by atoms with Crippen LogP contribution in [0.5, 0.6) is 5.75 Å². The number of anilines is 1. The summed E-state index contributed by atoms with van der Waals surface area (Å²) in [6, 6.07) is 6.67. The highest BCUT2D eigenvalue weighted by atomic mass is 32.1. The molecule has 1 heterocycles. The molecule has 0 fully saturated rings. The normalized spacial score (nSPS) is 10.3. The molecular formula is C21H26N2O5S. The van der Waals surface area contributed by atoms with Gasteiger partial charge in [-0.3, -0.25) is 9.59 Å². The van der Waals surface area contributed by atoms with Crippen LogP contribution in [0, 0.1) is 6.92 Å². The minimum absolute atomic E-state index is 0.190. The smallest absolute Gasteiger partial charge is 0.341 e. The molecule has 0 bridgehead atoms. The molecule has 0 aliphatic heterocycles. The van der Waals surface area contributed by atoms with Gasteiger partial charge >= 0.3 is 5.97 Å². The van der Waals surface area contributed by atoms with E-state index in [2.05, 4.69) is 10.6 Å². The molecular weight excluding hydrogens is 392 g/mol. The van der Waals surface area contributed by atoms with E-state index in [1.807, 2.05) is 6.92 Å². The Morgan fingerprint density at radius 2 is 1.90 bits per heavy atom. The molecule has 7 nitrogen and oxygen atoms in total. The van der Waals surface area contributed by atoms with Crippen LogP contribution in [-0.2, 0) is 4.74 Å². The van der Waals surface area contributed by atoms with Gasteiger partial charge in [0.05, 0.1) is 24.2 Å². The van der Waals surface area contributed by atoms with Gasteiger partial charge in [-0.05, 0) is 44.0 Å². The van der Waals surface area contributed by atoms with E-state index in [4.69, 9.17) is 9.47 Å². The molecule has 8 heteroatoms. The molecule has 156 valence electrons. The molecule has 0 aliphatic carbocycles. The lowest BCUT2D eigenvalue weighted by molar-refractivity contribution is 0.0527. The van der Waals surface area contributed by atoms with E-state index >= 15 is 0 Å². The van der Waals surface area contributed by atoms with Gasteiger partial charge < -0.3 is 20.1 Å². The van der Waals surface area contributed by atoms with E-state index in [9.17, 15) is 14.4 Å². The average molecular weight is 419 g/mol. The third-order valence-corrected chi connectivity index (χ3v) is 5.41. The Morgan fingerprint density at radius 3 is 2.55 bits per heavy atom. The number of carbonyl (C=O) groups is 3. The highest BCUT2D eigenvalue weighted by Crippen LogP contribution is 2.34. The zero-order chi connectivity index (χ0) is 21.4. The van der Waals surface area contributed by atoms with Gasteiger partial charge in [0.2, 0.25) is 0 Å². The topological polar surface area (TPSA) is 93.7 Å². The molecule has 0 saturated heterocycles. The quantitative estimate of drug-likeness (QED) is 0.474. The van der Waals surface area contributed by atoms with Gasteiger partial charge in [-0.2, -0.15) is 0 Å². The number of methoxy groups -OCH3 is 1. The molecule has 0 radical (unpaired) electrons. The van der Waals surface area contributed by atoms with E-state index in [1.165, 1.54) is 7.11 Å². The molecule has 0 spiro atoms. The average Bonchev–Trinajstić information content (AvgIpc) is 3.04. The summed E-state index contributed by atoms with van der Waals surface area (Å²) in [6.07, 6.45) is 1.82. The molecule has 2 N–H and O–H groups in total. The zero-order valence-electron chi connectivity index (χ0n) is 17.1. The summed E-state index contributed by atoms with van der Waals surface area (Å²) in [7, 11) is 1.52. The lowest BCUT2D eigenvalue weighted by atomic mass is 10.1. The van der Waals surface area contributed by atoms with Gasteiger partial charge in [0.25, 0.3) is 11.8 Å². The number of esters is 1. The second kappa shape index (κ2) is 10.6. The Morgan fingerprint density at radius 1 is 1.14 bits per heavy atom. The van der Waals surface area contributed by atoms with Crippen molar-refractivity contribution < 1.29 is 23.9 Å². The minimum atomic E-state index is -0.574. The number of amides is 2. The monoisotopic (exact) mass is 418 g/mol. The molecule has 1 aromatic heterocycles. The highest BCUT2D eigenvalue weighted by molar-refractivity contribution is 7.18. The first-order valence-corrected chi connectivity index (χ1v) is 10.3. The Labute approximate surface area is 174 Å². The maximum Gasteiger partial charge on any atom is 0.341 e. The first-order valence-electron chi connectivity index (χ1n) is 9.46. The fourth-order valence-corrected chi connectivity index (χ4v) is 3.77. The number of hydrogen-bond acceptors (Lipinski definition) is 6. The predicted molar refractivity (Wildman–Crippen MR) is 113 cm³/mol. The summed E-state index contributed by atoms with van der Waals surface area (Å²) in [5, 5.41) is 5.87. The lowest BCUT2D eigenvalue weighted by Crippen LogP contribution is -2.24. The third-order valence-electron chi connectivity index (χ3n) is 4.21. The van der Waals surface area contributed by atoms with E-state index in [1.54, 1.807) is 38.1 Å². The van der Waals surface area contributed by atoms with E-state index in [0.717, 1.165) is 24.2 Å². The van der Waals surface area contributed by atoms with Crippen molar-refractivity contribution in [2.24, 2.45) is 0 Å². The predicted octanol–water partition coefficient (Wildman–Crippen LogP) is 4.02. The van der Waals surface area contributed by atoms with Crippen molar-refractivity contribution in [2.45, 2.75) is 33.6 Å². The van der Waals surface area contributed by atoms with Crippen LogP contribution in [0.1, 0.15) is 62.6 Å². The fraction of sp³-hybridized carbons (Fsp3) is 0.381. The van der Waals surface area contributed by atoms with Crippen LogP contribution in [-0.4, -0.2) is 38.0 Å². The van der Waals surface area contributed by atoms with Crippen LogP contribution < -0.4 is 15.4 Å². The second-order valence-electron chi connectivity index (χ2n) is 6.28. The van der Waals surface area contributed by atoms with Crippen LogP contribution in [0.4, 0.5) is 5.00 Å². The Bertz CT molecular complexity index is 891. The van der Waals surface area contributed by atoms with E-state index in [0.29, 0.717) is 28.3 Å². The van der Waals surface area contributed by atoms with Gasteiger partial charge in [0.15, 0.2) is 0 Å². The molecule has 2 rings (SSSR count). The number of nitrogens with one attached hydrogen (secondary N) is 2. The van der Waals surface area contributed by atoms with Gasteiger partial charge in [-0.1, -0.05) is 19.4 Å². The Balaban J connectivity index is 2.35. The minimum Gasteiger partial charge on any atom is -0.497 e. The standard InChI is InChI=1S/C21H26N2O5S/c1-5-7-11-22-19(25)17-13(3)16(21(26)28-6-2)20(29-17)23-18(24)14-9-8-10-15(12-14)27-4/h8-10,12H,5-7,11H2,1-4H3,(H,22,25)(H,23,24). The molecule has 2 amide bonds. The van der Waals surface area contributed by atoms with Crippen molar-refractivity contribution in [1.29, 1.82) is 0 Å². The number of carbonyl (C=O) groups excluding carboxylic acids is 3. The zero-order valence-corrected chi connectivity index (χ0v) is 17.9. The highest BCUT2D eigenvalue weighted by Gasteiger charge is 2.26. The maximum absolute atomic E-state index is 12.7. The Hall–Kier alpha value is -2.87. The van der Waals surface area contributed by atoms with Gasteiger partial charge in [0, 0.05) is 12.1 Å². The first kappa shape index (κ1) is 22.4. The van der Waals surface area contributed by atoms with Crippen LogP contribution in [0.3, 0.4) is 0 Å². The summed E-state index contributed by atoms with van der Waals surface area (Å²) in [5.74, 6) is -0.710. The SMILES string of the molecule is CCCCNC(=O)c1sc(NC(=O)c2cccc(OC)c2)c(C(=O)OCC)c1C. The number of benzene rings is 1. The molecule has 1 aromatic carbocycles. The first-order chi connectivity index (χ1) is 13.9. The van der Waals surface area contributed by atoms with Crippen molar-refractivity contribution >= 4 is 34.1 Å². The van der Waals surface area contributed by atoms with E-state index in [-0.39, 0.29) is 23.1 Å². The number of hydrogen-bond donors (Lipinski definition) is 2. The molecule has 0 aliphatic rings. The van der Waals surface area contributed by atoms with Gasteiger partial charge in [-0.25, -0.2) is 4.79 Å². The maximum atomic E-state index is 12.7. The molecule has 0 atom stereocenters. The van der Waals surface area contributed by atoms with Crippen molar-refractivity contribution in [1.82, 2.24) is 5.32 Å². The lowest BCUT2D eigenvalue weighted by Gasteiger charge is -2.08. The number of thiophene rings is 1. The van der Waals surface area contributed by atoms with Gasteiger partial charge in [-0.15, -0.1) is 11.3 Å². The summed E-state index contributed by atoms with van der Waals surface area (Å²) in [4.78, 5) is 38.1. The summed E-state index contributed by atoms with van der Waals surface area (Å²) >= 11 is 1.06. The number of unbranched alkanes of at least 4 members (excludes halogenated alkanes) is 1. The van der Waals surface area contributed by atoms with Crippen molar-refractivity contribution in [2.75, 3.05) is 25.6 Å². The van der Waals surface area contributed by atoms with Crippen LogP contribution in [0.25, 0.3) is 0 Å². The molecule has 29 heavy (non-hydrogen) atoms. The third kappa shape index (κ3) is 5.57. The second-order valence-corrected chi connectivity index (χ2v) is 7.30. The van der Waals surface area contributed by atoms with Crippen molar-refractivity contribution in [3.05, 3.63) is 45.8 Å². The summed E-state index contributed by atoms with van der Waals surface area (Å²) < 4.78 is 10.3. The van der Waals surface area contributed by atoms with Crippen LogP contribution in [0.2, 0.25) is 0 Å². The summed E-state index contributed by atoms with van der Waals surface area (Å²) in [6.45, 7) is 6.15. The molecule has 2 aromatic rings. The largest absolute Gasteiger partial charge is 0.497 e. The number of ether oxygens (including phenoxy) is 2.